The van der Waals surface area contributed by atoms with Gasteiger partial charge >= 0.3 is 0 Å². The lowest BCUT2D eigenvalue weighted by Gasteiger charge is -2.09. The number of nitrogens with one attached hydrogen (secondary N) is 1. The van der Waals surface area contributed by atoms with Gasteiger partial charge in [0.15, 0.2) is 0 Å². The van der Waals surface area contributed by atoms with Gasteiger partial charge in [0.2, 0.25) is 0 Å². The zero-order valence-electron chi connectivity index (χ0n) is 16.2. The van der Waals surface area contributed by atoms with Crippen LogP contribution < -0.4 is 5.32 Å². The first-order valence-corrected chi connectivity index (χ1v) is 11.5. The number of hydrogen-bond donors (Lipinski definition) is 1. The highest BCUT2D eigenvalue weighted by Gasteiger charge is 2.08. The van der Waals surface area contributed by atoms with Crippen molar-refractivity contribution in [2.45, 2.75) is 29.4 Å². The van der Waals surface area contributed by atoms with Gasteiger partial charge in [0.05, 0.1) is 0 Å². The van der Waals surface area contributed by atoms with Crippen LogP contribution in [0.25, 0.3) is 0 Å². The molecule has 3 rings (SSSR count). The van der Waals surface area contributed by atoms with Crippen LogP contribution in [0.3, 0.4) is 0 Å². The summed E-state index contributed by atoms with van der Waals surface area (Å²) in [5, 5.41) is 2.93. The van der Waals surface area contributed by atoms with E-state index in [4.69, 9.17) is 0 Å². The van der Waals surface area contributed by atoms with Gasteiger partial charge in [0, 0.05) is 43.8 Å². The normalized spacial score (nSPS) is 11.8. The molecule has 0 radical (unpaired) electrons. The summed E-state index contributed by atoms with van der Waals surface area (Å²) in [4.78, 5) is 14.9. The minimum atomic E-state index is -0.933. The lowest BCUT2D eigenvalue weighted by Crippen LogP contribution is -2.12. The van der Waals surface area contributed by atoms with Crippen LogP contribution in [0.1, 0.15) is 27.0 Å². The molecule has 0 bridgehead atoms. The van der Waals surface area contributed by atoms with E-state index in [1.807, 2.05) is 36.4 Å². The second kappa shape index (κ2) is 9.22. The Morgan fingerprint density at radius 1 is 1.00 bits per heavy atom. The summed E-state index contributed by atoms with van der Waals surface area (Å²) in [6, 6.07) is 21.6. The summed E-state index contributed by atoms with van der Waals surface area (Å²) >= 11 is 1.72. The van der Waals surface area contributed by atoms with Crippen molar-refractivity contribution in [1.82, 2.24) is 0 Å². The molecule has 3 nitrogen and oxygen atoms in total. The molecule has 0 heterocycles. The molecule has 5 heteroatoms. The Balaban J connectivity index is 1.68. The summed E-state index contributed by atoms with van der Waals surface area (Å²) in [5.74, 6) is 0.282. The van der Waals surface area contributed by atoms with Gasteiger partial charge in [-0.05, 0) is 73.0 Å². The van der Waals surface area contributed by atoms with E-state index in [0.717, 1.165) is 16.1 Å². The third-order valence-corrected chi connectivity index (χ3v) is 6.15. The molecule has 0 saturated heterocycles. The first kappa shape index (κ1) is 20.4. The van der Waals surface area contributed by atoms with Crippen LogP contribution in [0.2, 0.25) is 0 Å². The van der Waals surface area contributed by atoms with E-state index in [2.05, 4.69) is 37.4 Å². The highest BCUT2D eigenvalue weighted by molar-refractivity contribution is 7.99. The topological polar surface area (TPSA) is 46.2 Å². The van der Waals surface area contributed by atoms with Crippen molar-refractivity contribution in [2.75, 3.05) is 11.6 Å². The van der Waals surface area contributed by atoms with Gasteiger partial charge in [0.1, 0.15) is 0 Å². The van der Waals surface area contributed by atoms with Crippen molar-refractivity contribution in [3.05, 3.63) is 89.0 Å². The Labute approximate surface area is 173 Å². The predicted molar refractivity (Wildman–Crippen MR) is 119 cm³/mol. The van der Waals surface area contributed by atoms with E-state index >= 15 is 0 Å². The SMILES string of the molecule is Cc1ccc(C)c(Sc2ccc(NC(=O)c3cccc(CS(C)=O)c3)cc2)c1. The predicted octanol–water partition coefficient (Wildman–Crippen LogP) is 5.59. The molecule has 0 aliphatic rings. The fourth-order valence-electron chi connectivity index (χ4n) is 2.79. The van der Waals surface area contributed by atoms with Gasteiger partial charge in [-0.25, -0.2) is 0 Å². The summed E-state index contributed by atoms with van der Waals surface area (Å²) in [6.07, 6.45) is 1.66. The van der Waals surface area contributed by atoms with Gasteiger partial charge in [-0.1, -0.05) is 36.0 Å². The molecule has 0 fully saturated rings. The molecule has 3 aromatic rings. The van der Waals surface area contributed by atoms with Crippen LogP contribution in [0, 0.1) is 13.8 Å². The lowest BCUT2D eigenvalue weighted by atomic mass is 10.1. The van der Waals surface area contributed by atoms with Gasteiger partial charge in [-0.15, -0.1) is 0 Å². The van der Waals surface area contributed by atoms with E-state index in [1.54, 1.807) is 30.2 Å². The maximum atomic E-state index is 12.5. The molecule has 28 heavy (non-hydrogen) atoms. The lowest BCUT2D eigenvalue weighted by molar-refractivity contribution is 0.102. The molecule has 0 aliphatic heterocycles. The minimum Gasteiger partial charge on any atom is -0.322 e. The smallest absolute Gasteiger partial charge is 0.255 e. The highest BCUT2D eigenvalue weighted by atomic mass is 32.2. The average molecular weight is 410 g/mol. The molecule has 1 unspecified atom stereocenters. The molecule has 0 spiro atoms. The molecular formula is C23H23NO2S2. The number of carbonyl (C=O) groups is 1. The molecular weight excluding hydrogens is 386 g/mol. The van der Waals surface area contributed by atoms with Crippen molar-refractivity contribution < 1.29 is 9.00 Å². The van der Waals surface area contributed by atoms with Crippen LogP contribution in [-0.2, 0) is 16.6 Å². The Kier molecular flexibility index (Phi) is 6.70. The monoisotopic (exact) mass is 409 g/mol. The van der Waals surface area contributed by atoms with Crippen LogP contribution in [0.15, 0.2) is 76.5 Å². The number of amides is 1. The quantitative estimate of drug-likeness (QED) is 0.578. The maximum Gasteiger partial charge on any atom is 0.255 e. The third-order valence-electron chi connectivity index (χ3n) is 4.24. The molecule has 0 aliphatic carbocycles. The average Bonchev–Trinajstić information content (AvgIpc) is 2.66. The summed E-state index contributed by atoms with van der Waals surface area (Å²) in [5.41, 5.74) is 4.71. The van der Waals surface area contributed by atoms with Gasteiger partial charge < -0.3 is 5.32 Å². The molecule has 1 atom stereocenters. The number of benzene rings is 3. The highest BCUT2D eigenvalue weighted by Crippen LogP contribution is 2.31. The fraction of sp³-hybridized carbons (Fsp3) is 0.174. The number of hydrogen-bond acceptors (Lipinski definition) is 3. The first-order chi connectivity index (χ1) is 13.4. The van der Waals surface area contributed by atoms with Gasteiger partial charge in [-0.3, -0.25) is 9.00 Å². The van der Waals surface area contributed by atoms with E-state index in [9.17, 15) is 9.00 Å². The van der Waals surface area contributed by atoms with Gasteiger partial charge in [-0.2, -0.15) is 0 Å². The van der Waals surface area contributed by atoms with Crippen LogP contribution in [0.5, 0.6) is 0 Å². The Hall–Kier alpha value is -2.37. The van der Waals surface area contributed by atoms with Crippen molar-refractivity contribution in [3.8, 4) is 0 Å². The molecule has 1 N–H and O–H groups in total. The zero-order chi connectivity index (χ0) is 20.1. The van der Waals surface area contributed by atoms with Crippen LogP contribution in [0.4, 0.5) is 5.69 Å². The van der Waals surface area contributed by atoms with E-state index in [-0.39, 0.29) is 5.91 Å². The van der Waals surface area contributed by atoms with E-state index in [0.29, 0.717) is 11.3 Å². The van der Waals surface area contributed by atoms with Crippen molar-refractivity contribution in [1.29, 1.82) is 0 Å². The first-order valence-electron chi connectivity index (χ1n) is 8.96. The van der Waals surface area contributed by atoms with Gasteiger partial charge in [0.25, 0.3) is 5.91 Å². The Morgan fingerprint density at radius 2 is 1.75 bits per heavy atom. The van der Waals surface area contributed by atoms with Crippen molar-refractivity contribution in [2.24, 2.45) is 0 Å². The summed E-state index contributed by atoms with van der Waals surface area (Å²) in [6.45, 7) is 4.20. The van der Waals surface area contributed by atoms with Crippen LogP contribution in [-0.4, -0.2) is 16.4 Å². The molecule has 144 valence electrons. The Bertz CT molecular complexity index is 1010. The zero-order valence-corrected chi connectivity index (χ0v) is 17.8. The molecule has 1 amide bonds. The Morgan fingerprint density at radius 3 is 2.46 bits per heavy atom. The number of anilines is 1. The summed E-state index contributed by atoms with van der Waals surface area (Å²) < 4.78 is 11.4. The minimum absolute atomic E-state index is 0.168. The van der Waals surface area contributed by atoms with E-state index in [1.165, 1.54) is 16.0 Å². The largest absolute Gasteiger partial charge is 0.322 e. The molecule has 3 aromatic carbocycles. The van der Waals surface area contributed by atoms with E-state index < -0.39 is 10.8 Å². The summed E-state index contributed by atoms with van der Waals surface area (Å²) in [7, 11) is -0.933. The standard InChI is InChI=1S/C23H23NO2S2/c1-16-7-8-17(2)22(13-16)27-21-11-9-20(10-12-21)24-23(25)19-6-4-5-18(14-19)15-28(3)26/h4-14H,15H2,1-3H3,(H,24,25). The number of rotatable bonds is 6. The van der Waals surface area contributed by atoms with Crippen molar-refractivity contribution >= 4 is 34.2 Å². The maximum absolute atomic E-state index is 12.5. The number of carbonyl (C=O) groups excluding carboxylic acids is 1. The van der Waals surface area contributed by atoms with Crippen LogP contribution >= 0.6 is 11.8 Å². The second-order valence-electron chi connectivity index (χ2n) is 6.77. The number of aryl methyl sites for hydroxylation is 2. The third kappa shape index (κ3) is 5.57. The molecule has 0 saturated carbocycles. The molecule has 0 aromatic heterocycles. The second-order valence-corrected chi connectivity index (χ2v) is 9.32. The fourth-order valence-corrected chi connectivity index (χ4v) is 4.44. The van der Waals surface area contributed by atoms with Crippen molar-refractivity contribution in [3.63, 3.8) is 0 Å².